The van der Waals surface area contributed by atoms with Crippen LogP contribution in [-0.4, -0.2) is 33.8 Å². The van der Waals surface area contributed by atoms with Gasteiger partial charge in [0, 0.05) is 24.7 Å². The van der Waals surface area contributed by atoms with Crippen molar-refractivity contribution in [1.82, 2.24) is 15.0 Å². The Labute approximate surface area is 184 Å². The molecule has 2 amide bonds. The van der Waals surface area contributed by atoms with Gasteiger partial charge in [-0.3, -0.25) is 14.9 Å². The number of thiazole rings is 1. The highest BCUT2D eigenvalue weighted by atomic mass is 35.5. The van der Waals surface area contributed by atoms with E-state index in [-0.39, 0.29) is 11.8 Å². The van der Waals surface area contributed by atoms with Gasteiger partial charge in [0.05, 0.1) is 25.7 Å². The number of alkyl halides is 1. The van der Waals surface area contributed by atoms with Crippen LogP contribution in [0.5, 0.6) is 0 Å². The Balaban J connectivity index is 1.59. The standard InChI is InChI=1S/C19H15ClN6O2S2/c1-22-18-23-5-4-11(24-18)12-2-3-13(29-12)17(28)26-19-25-15-10(8-20)6-9(16(21)27)7-14(15)30-19/h2-7H,8H2,1H3,(H2,21,27)(H,22,23,24)(H,25,26,28). The molecule has 30 heavy (non-hydrogen) atoms. The second-order valence-corrected chi connectivity index (χ2v) is 8.51. The molecule has 0 bridgehead atoms. The van der Waals surface area contributed by atoms with Crippen molar-refractivity contribution in [2.45, 2.75) is 5.88 Å². The van der Waals surface area contributed by atoms with E-state index in [0.29, 0.717) is 32.6 Å². The van der Waals surface area contributed by atoms with Crippen LogP contribution in [0, 0.1) is 0 Å². The van der Waals surface area contributed by atoms with E-state index >= 15 is 0 Å². The number of anilines is 2. The fourth-order valence-electron chi connectivity index (χ4n) is 2.77. The minimum absolute atomic E-state index is 0.177. The van der Waals surface area contributed by atoms with Crippen molar-refractivity contribution in [3.05, 3.63) is 52.5 Å². The number of nitrogens with one attached hydrogen (secondary N) is 2. The number of nitrogens with two attached hydrogens (primary N) is 1. The quantitative estimate of drug-likeness (QED) is 0.376. The highest BCUT2D eigenvalue weighted by Crippen LogP contribution is 2.32. The summed E-state index contributed by atoms with van der Waals surface area (Å²) in [4.78, 5) is 38.5. The van der Waals surface area contributed by atoms with Crippen molar-refractivity contribution in [2.75, 3.05) is 17.7 Å². The summed E-state index contributed by atoms with van der Waals surface area (Å²) in [6, 6.07) is 8.63. The van der Waals surface area contributed by atoms with Gasteiger partial charge in [-0.2, -0.15) is 0 Å². The number of hydrogen-bond acceptors (Lipinski definition) is 8. The molecule has 0 unspecified atom stereocenters. The summed E-state index contributed by atoms with van der Waals surface area (Å²) in [5.74, 6) is -0.140. The molecule has 0 spiro atoms. The summed E-state index contributed by atoms with van der Waals surface area (Å²) in [6.45, 7) is 0. The van der Waals surface area contributed by atoms with Crippen molar-refractivity contribution >= 4 is 67.4 Å². The van der Waals surface area contributed by atoms with E-state index in [1.165, 1.54) is 22.7 Å². The zero-order valence-electron chi connectivity index (χ0n) is 15.6. The Morgan fingerprint density at radius 1 is 1.17 bits per heavy atom. The Morgan fingerprint density at radius 2 is 2.00 bits per heavy atom. The van der Waals surface area contributed by atoms with Gasteiger partial charge in [-0.15, -0.1) is 22.9 Å². The number of nitrogens with zero attached hydrogens (tertiary/aromatic N) is 3. The molecule has 0 atom stereocenters. The molecule has 11 heteroatoms. The van der Waals surface area contributed by atoms with Crippen molar-refractivity contribution < 1.29 is 9.59 Å². The number of rotatable bonds is 6. The topological polar surface area (TPSA) is 123 Å². The maximum atomic E-state index is 12.7. The molecule has 1 aromatic carbocycles. The number of halogens is 1. The van der Waals surface area contributed by atoms with Crippen LogP contribution in [0.4, 0.5) is 11.1 Å². The summed E-state index contributed by atoms with van der Waals surface area (Å²) in [6.07, 6.45) is 1.66. The zero-order valence-corrected chi connectivity index (χ0v) is 18.0. The number of carbonyl (C=O) groups excluding carboxylic acids is 2. The van der Waals surface area contributed by atoms with E-state index in [1.807, 2.05) is 6.07 Å². The average Bonchev–Trinajstić information content (AvgIpc) is 3.40. The van der Waals surface area contributed by atoms with Crippen molar-refractivity contribution in [1.29, 1.82) is 0 Å². The van der Waals surface area contributed by atoms with Gasteiger partial charge in [0.25, 0.3) is 5.91 Å². The Kier molecular flexibility index (Phi) is 5.62. The molecule has 0 fully saturated rings. The van der Waals surface area contributed by atoms with Crippen LogP contribution in [0.2, 0.25) is 0 Å². The average molecular weight is 459 g/mol. The van der Waals surface area contributed by atoms with Gasteiger partial charge in [-0.1, -0.05) is 11.3 Å². The lowest BCUT2D eigenvalue weighted by molar-refractivity contribution is 0.0998. The summed E-state index contributed by atoms with van der Waals surface area (Å²) >= 11 is 8.56. The summed E-state index contributed by atoms with van der Waals surface area (Å²) in [5, 5.41) is 6.11. The smallest absolute Gasteiger partial charge is 0.267 e. The highest BCUT2D eigenvalue weighted by Gasteiger charge is 2.16. The Hall–Kier alpha value is -3.08. The van der Waals surface area contributed by atoms with Gasteiger partial charge in [-0.25, -0.2) is 15.0 Å². The first-order valence-electron chi connectivity index (χ1n) is 8.70. The molecule has 8 nitrogen and oxygen atoms in total. The minimum atomic E-state index is -0.542. The van der Waals surface area contributed by atoms with Gasteiger partial charge in [0.15, 0.2) is 5.13 Å². The van der Waals surface area contributed by atoms with E-state index in [1.54, 1.807) is 37.5 Å². The van der Waals surface area contributed by atoms with Gasteiger partial charge in [0.1, 0.15) is 0 Å². The molecule has 3 aromatic heterocycles. The van der Waals surface area contributed by atoms with Crippen molar-refractivity contribution in [2.24, 2.45) is 5.73 Å². The first-order valence-corrected chi connectivity index (χ1v) is 10.9. The van der Waals surface area contributed by atoms with Crippen LogP contribution >= 0.6 is 34.3 Å². The summed E-state index contributed by atoms with van der Waals surface area (Å²) < 4.78 is 0.727. The normalized spacial score (nSPS) is 10.9. The maximum Gasteiger partial charge on any atom is 0.267 e. The number of fused-ring (bicyclic) bond motifs is 1. The van der Waals surface area contributed by atoms with Gasteiger partial charge in [-0.05, 0) is 35.9 Å². The number of thiophene rings is 1. The molecular weight excluding hydrogens is 444 g/mol. The second kappa shape index (κ2) is 8.34. The number of hydrogen-bond donors (Lipinski definition) is 3. The molecule has 152 valence electrons. The second-order valence-electron chi connectivity index (χ2n) is 6.13. The van der Waals surface area contributed by atoms with Crippen LogP contribution < -0.4 is 16.4 Å². The van der Waals surface area contributed by atoms with Crippen molar-refractivity contribution in [3.8, 4) is 10.6 Å². The molecule has 0 saturated carbocycles. The molecule has 0 saturated heterocycles. The summed E-state index contributed by atoms with van der Waals surface area (Å²) in [5.41, 5.74) is 7.79. The van der Waals surface area contributed by atoms with E-state index in [4.69, 9.17) is 17.3 Å². The molecule has 0 aliphatic carbocycles. The molecule has 4 aromatic rings. The maximum absolute atomic E-state index is 12.7. The SMILES string of the molecule is CNc1nccc(-c2ccc(C(=O)Nc3nc4c(CCl)cc(C(N)=O)cc4s3)s2)n1. The van der Waals surface area contributed by atoms with E-state index < -0.39 is 5.91 Å². The lowest BCUT2D eigenvalue weighted by Crippen LogP contribution is -2.11. The highest BCUT2D eigenvalue weighted by molar-refractivity contribution is 7.22. The number of aromatic nitrogens is 3. The Bertz CT molecular complexity index is 1270. The molecule has 0 aliphatic heterocycles. The first kappa shape index (κ1) is 20.2. The number of benzene rings is 1. The van der Waals surface area contributed by atoms with Crippen LogP contribution in [0.25, 0.3) is 20.8 Å². The molecule has 4 N–H and O–H groups in total. The predicted octanol–water partition coefficient (Wildman–Crippen LogP) is 3.95. The predicted molar refractivity (Wildman–Crippen MR) is 121 cm³/mol. The third-order valence-electron chi connectivity index (χ3n) is 4.18. The molecular formula is C19H15ClN6O2S2. The lowest BCUT2D eigenvalue weighted by atomic mass is 10.1. The van der Waals surface area contributed by atoms with Crippen LogP contribution in [0.15, 0.2) is 36.5 Å². The summed E-state index contributed by atoms with van der Waals surface area (Å²) in [7, 11) is 1.74. The van der Waals surface area contributed by atoms with Crippen molar-refractivity contribution in [3.63, 3.8) is 0 Å². The van der Waals surface area contributed by atoms with E-state index in [2.05, 4.69) is 25.6 Å². The molecule has 0 radical (unpaired) electrons. The molecule has 3 heterocycles. The zero-order chi connectivity index (χ0) is 21.3. The van der Waals surface area contributed by atoms with Crippen LogP contribution in [-0.2, 0) is 5.88 Å². The largest absolute Gasteiger partial charge is 0.366 e. The van der Waals surface area contributed by atoms with E-state index in [9.17, 15) is 9.59 Å². The van der Waals surface area contributed by atoms with E-state index in [0.717, 1.165) is 15.3 Å². The molecule has 0 aliphatic rings. The number of carbonyl (C=O) groups is 2. The third-order valence-corrected chi connectivity index (χ3v) is 6.50. The molecule has 4 rings (SSSR count). The third kappa shape index (κ3) is 3.97. The van der Waals surface area contributed by atoms with Crippen LogP contribution in [0.1, 0.15) is 25.6 Å². The number of primary amides is 1. The minimum Gasteiger partial charge on any atom is -0.366 e. The van der Waals surface area contributed by atoms with Gasteiger partial charge < -0.3 is 11.1 Å². The Morgan fingerprint density at radius 3 is 2.73 bits per heavy atom. The van der Waals surface area contributed by atoms with Crippen LogP contribution in [0.3, 0.4) is 0 Å². The fourth-order valence-corrected chi connectivity index (χ4v) is 4.79. The van der Waals surface area contributed by atoms with Gasteiger partial charge >= 0.3 is 0 Å². The van der Waals surface area contributed by atoms with Gasteiger partial charge in [0.2, 0.25) is 11.9 Å². The fraction of sp³-hybridized carbons (Fsp3) is 0.105. The number of amides is 2. The monoisotopic (exact) mass is 458 g/mol. The first-order chi connectivity index (χ1) is 14.5. The lowest BCUT2D eigenvalue weighted by Gasteiger charge is -2.00.